The molecule has 1 unspecified atom stereocenters. The van der Waals surface area contributed by atoms with Crippen LogP contribution >= 0.6 is 11.6 Å². The van der Waals surface area contributed by atoms with Gasteiger partial charge in [-0.05, 0) is 36.2 Å². The minimum Gasteiger partial charge on any atom is -0.479 e. The molecule has 1 aromatic heterocycles. The van der Waals surface area contributed by atoms with E-state index >= 15 is 0 Å². The number of hydrogen-bond donors (Lipinski definition) is 2. The monoisotopic (exact) mass is 351 g/mol. The summed E-state index contributed by atoms with van der Waals surface area (Å²) < 4.78 is 10.3. The summed E-state index contributed by atoms with van der Waals surface area (Å²) in [5, 5.41) is 12.8. The van der Waals surface area contributed by atoms with Gasteiger partial charge in [-0.1, -0.05) is 30.7 Å². The van der Waals surface area contributed by atoms with E-state index in [0.717, 1.165) is 0 Å². The molecule has 0 aliphatic carbocycles. The van der Waals surface area contributed by atoms with Crippen molar-refractivity contribution in [2.24, 2.45) is 0 Å². The van der Waals surface area contributed by atoms with E-state index in [1.54, 1.807) is 37.3 Å². The van der Waals surface area contributed by atoms with Crippen molar-refractivity contribution in [3.05, 3.63) is 58.5 Å². The number of furan rings is 1. The number of carboxylic acids is 1. The average molecular weight is 352 g/mol. The molecule has 0 aliphatic rings. The second kappa shape index (κ2) is 7.51. The van der Waals surface area contributed by atoms with Gasteiger partial charge in [-0.3, -0.25) is 4.79 Å². The van der Waals surface area contributed by atoms with E-state index in [1.165, 1.54) is 13.2 Å². The number of halogens is 1. The number of nitrogens with one attached hydrogen (secondary N) is 1. The second-order valence-electron chi connectivity index (χ2n) is 5.22. The van der Waals surface area contributed by atoms with E-state index in [-0.39, 0.29) is 18.8 Å². The molecule has 7 heteroatoms. The van der Waals surface area contributed by atoms with Crippen LogP contribution in [-0.4, -0.2) is 24.1 Å². The van der Waals surface area contributed by atoms with Crippen molar-refractivity contribution in [1.82, 2.24) is 5.32 Å². The summed E-state index contributed by atoms with van der Waals surface area (Å²) in [5.74, 6) is -1.28. The maximum atomic E-state index is 12.4. The van der Waals surface area contributed by atoms with Crippen molar-refractivity contribution < 1.29 is 23.8 Å². The second-order valence-corrected chi connectivity index (χ2v) is 5.66. The lowest BCUT2D eigenvalue weighted by molar-refractivity contribution is -0.145. The fraction of sp³-hybridized carbons (Fsp3) is 0.294. The normalized spacial score (nSPS) is 13.3. The minimum atomic E-state index is -1.57. The van der Waals surface area contributed by atoms with Gasteiger partial charge >= 0.3 is 5.97 Å². The molecule has 2 aromatic rings. The number of aliphatic carboxylic acids is 1. The summed E-state index contributed by atoms with van der Waals surface area (Å²) in [6.45, 7) is 1.91. The lowest BCUT2D eigenvalue weighted by Crippen LogP contribution is -2.51. The van der Waals surface area contributed by atoms with E-state index in [2.05, 4.69) is 5.32 Å². The molecule has 1 heterocycles. The first-order valence-electron chi connectivity index (χ1n) is 7.32. The van der Waals surface area contributed by atoms with Gasteiger partial charge in [-0.15, -0.1) is 0 Å². The van der Waals surface area contributed by atoms with E-state index in [9.17, 15) is 14.7 Å². The maximum absolute atomic E-state index is 12.4. The van der Waals surface area contributed by atoms with Gasteiger partial charge < -0.3 is 19.6 Å². The van der Waals surface area contributed by atoms with Gasteiger partial charge in [0.05, 0.1) is 0 Å². The third-order valence-electron chi connectivity index (χ3n) is 3.73. The van der Waals surface area contributed by atoms with Crippen LogP contribution in [0.1, 0.15) is 35.2 Å². The molecule has 1 aromatic carbocycles. The first-order chi connectivity index (χ1) is 11.4. The molecule has 0 saturated heterocycles. The maximum Gasteiger partial charge on any atom is 0.334 e. The largest absolute Gasteiger partial charge is 0.479 e. The van der Waals surface area contributed by atoms with E-state index in [4.69, 9.17) is 20.8 Å². The molecule has 0 fully saturated rings. The Balaban J connectivity index is 2.32. The smallest absolute Gasteiger partial charge is 0.334 e. The molecule has 0 bridgehead atoms. The topological polar surface area (TPSA) is 88.8 Å². The predicted molar refractivity (Wildman–Crippen MR) is 87.9 cm³/mol. The predicted octanol–water partition coefficient (Wildman–Crippen LogP) is 3.20. The molecule has 1 amide bonds. The molecule has 0 radical (unpaired) electrons. The SMILES string of the molecule is CCC(NC(=O)c1ccc(COC)o1)(C(=O)O)c1ccc(Cl)cc1. The summed E-state index contributed by atoms with van der Waals surface area (Å²) in [6, 6.07) is 9.42. The zero-order chi connectivity index (χ0) is 17.7. The Bertz CT molecular complexity index is 725. The van der Waals surface area contributed by atoms with Gasteiger partial charge in [0.15, 0.2) is 11.3 Å². The highest BCUT2D eigenvalue weighted by Gasteiger charge is 2.41. The fourth-order valence-corrected chi connectivity index (χ4v) is 2.53. The van der Waals surface area contributed by atoms with Crippen molar-refractivity contribution in [3.63, 3.8) is 0 Å². The highest BCUT2D eigenvalue weighted by molar-refractivity contribution is 6.30. The van der Waals surface area contributed by atoms with Gasteiger partial charge in [0, 0.05) is 12.1 Å². The Kier molecular flexibility index (Phi) is 5.64. The number of methoxy groups -OCH3 is 1. The van der Waals surface area contributed by atoms with Crippen LogP contribution in [0, 0.1) is 0 Å². The summed E-state index contributed by atoms with van der Waals surface area (Å²) >= 11 is 5.86. The minimum absolute atomic E-state index is 0.0232. The zero-order valence-electron chi connectivity index (χ0n) is 13.3. The number of benzene rings is 1. The Hall–Kier alpha value is -2.31. The molecule has 2 N–H and O–H groups in total. The molecular weight excluding hydrogens is 334 g/mol. The number of carbonyl (C=O) groups excluding carboxylic acids is 1. The molecule has 24 heavy (non-hydrogen) atoms. The number of rotatable bonds is 7. The molecule has 6 nitrogen and oxygen atoms in total. The fourth-order valence-electron chi connectivity index (χ4n) is 2.40. The van der Waals surface area contributed by atoms with E-state index in [0.29, 0.717) is 16.3 Å². The molecule has 0 saturated carbocycles. The molecule has 128 valence electrons. The third-order valence-corrected chi connectivity index (χ3v) is 3.98. The van der Waals surface area contributed by atoms with Crippen LogP contribution in [0.4, 0.5) is 0 Å². The van der Waals surface area contributed by atoms with Crippen molar-refractivity contribution in [2.75, 3.05) is 7.11 Å². The molecule has 2 rings (SSSR count). The summed E-state index contributed by atoms with van der Waals surface area (Å²) in [7, 11) is 1.51. The number of ether oxygens (including phenoxy) is 1. The van der Waals surface area contributed by atoms with Crippen molar-refractivity contribution in [1.29, 1.82) is 0 Å². The quantitative estimate of drug-likeness (QED) is 0.799. The van der Waals surface area contributed by atoms with Gasteiger partial charge in [0.25, 0.3) is 5.91 Å². The first-order valence-corrected chi connectivity index (χ1v) is 7.70. The Morgan fingerprint density at radius 1 is 1.25 bits per heavy atom. The molecule has 0 aliphatic heterocycles. The Morgan fingerprint density at radius 2 is 1.92 bits per heavy atom. The van der Waals surface area contributed by atoms with Crippen LogP contribution in [0.15, 0.2) is 40.8 Å². The van der Waals surface area contributed by atoms with Crippen LogP contribution in [0.5, 0.6) is 0 Å². The molecule has 1 atom stereocenters. The Morgan fingerprint density at radius 3 is 2.46 bits per heavy atom. The molecular formula is C17H18ClNO5. The standard InChI is InChI=1S/C17H18ClNO5/c1-3-17(16(21)22,11-4-6-12(18)7-5-11)19-15(20)14-9-8-13(24-14)10-23-2/h4-9H,3,10H2,1-2H3,(H,19,20)(H,21,22). The third kappa shape index (κ3) is 3.60. The van der Waals surface area contributed by atoms with Gasteiger partial charge in [-0.2, -0.15) is 0 Å². The van der Waals surface area contributed by atoms with Gasteiger partial charge in [0.2, 0.25) is 0 Å². The number of hydrogen-bond acceptors (Lipinski definition) is 4. The van der Waals surface area contributed by atoms with Gasteiger partial charge in [-0.25, -0.2) is 4.79 Å². The van der Waals surface area contributed by atoms with Crippen molar-refractivity contribution >= 4 is 23.5 Å². The van der Waals surface area contributed by atoms with E-state index < -0.39 is 17.4 Å². The average Bonchev–Trinajstić information content (AvgIpc) is 3.02. The number of amides is 1. The van der Waals surface area contributed by atoms with Crippen LogP contribution < -0.4 is 5.32 Å². The summed E-state index contributed by atoms with van der Waals surface area (Å²) in [5.41, 5.74) is -1.14. The van der Waals surface area contributed by atoms with Crippen LogP contribution in [0.2, 0.25) is 5.02 Å². The first kappa shape index (κ1) is 18.0. The summed E-state index contributed by atoms with van der Waals surface area (Å²) in [6.07, 6.45) is 0.154. The lowest BCUT2D eigenvalue weighted by Gasteiger charge is -2.29. The number of carboxylic acid groups (broad SMARTS) is 1. The lowest BCUT2D eigenvalue weighted by atomic mass is 9.87. The van der Waals surface area contributed by atoms with Crippen molar-refractivity contribution in [2.45, 2.75) is 25.5 Å². The van der Waals surface area contributed by atoms with Crippen LogP contribution in [-0.2, 0) is 21.7 Å². The van der Waals surface area contributed by atoms with Crippen LogP contribution in [0.3, 0.4) is 0 Å². The highest BCUT2D eigenvalue weighted by Crippen LogP contribution is 2.27. The summed E-state index contributed by atoms with van der Waals surface area (Å²) in [4.78, 5) is 24.4. The highest BCUT2D eigenvalue weighted by atomic mass is 35.5. The van der Waals surface area contributed by atoms with E-state index in [1.807, 2.05) is 0 Å². The zero-order valence-corrected chi connectivity index (χ0v) is 14.1. The van der Waals surface area contributed by atoms with Gasteiger partial charge in [0.1, 0.15) is 12.4 Å². The van der Waals surface area contributed by atoms with Crippen molar-refractivity contribution in [3.8, 4) is 0 Å². The van der Waals surface area contributed by atoms with Crippen LogP contribution in [0.25, 0.3) is 0 Å². The Labute approximate surface area is 144 Å². The molecule has 0 spiro atoms. The number of carbonyl (C=O) groups is 2.